The average Bonchev–Trinajstić information content (AvgIpc) is 3.35. The lowest BCUT2D eigenvalue weighted by Gasteiger charge is -2.12. The molecule has 0 aliphatic heterocycles. The van der Waals surface area contributed by atoms with Gasteiger partial charge in [-0.2, -0.15) is 0 Å². The Morgan fingerprint density at radius 3 is 2.80 bits per heavy atom. The number of esters is 1. The first-order valence-electron chi connectivity index (χ1n) is 9.68. The van der Waals surface area contributed by atoms with E-state index in [0.717, 1.165) is 23.4 Å². The second-order valence-electron chi connectivity index (χ2n) is 7.40. The van der Waals surface area contributed by atoms with Crippen molar-refractivity contribution in [3.8, 4) is 0 Å². The van der Waals surface area contributed by atoms with E-state index < -0.39 is 12.1 Å². The van der Waals surface area contributed by atoms with Crippen LogP contribution in [0.15, 0.2) is 22.7 Å². The fraction of sp³-hybridized carbons (Fsp3) is 0.381. The van der Waals surface area contributed by atoms with E-state index in [2.05, 4.69) is 15.5 Å². The van der Waals surface area contributed by atoms with E-state index in [4.69, 9.17) is 9.26 Å². The zero-order valence-corrected chi connectivity index (χ0v) is 17.7. The highest BCUT2D eigenvalue weighted by Crippen LogP contribution is 2.40. The summed E-state index contributed by atoms with van der Waals surface area (Å²) in [5, 5.41) is 7.12. The van der Waals surface area contributed by atoms with Gasteiger partial charge in [0.1, 0.15) is 0 Å². The number of hydrogen-bond acceptors (Lipinski definition) is 8. The SMILES string of the molecule is CC(=O)NCc1ccc(C(=O)C(C)OC(=O)c2cc(C3CC3)nc3onc(C)c23)s1. The molecule has 3 aromatic rings. The lowest BCUT2D eigenvalue weighted by atomic mass is 10.1. The van der Waals surface area contributed by atoms with Gasteiger partial charge in [-0.05, 0) is 44.9 Å². The molecular weight excluding hydrogens is 406 g/mol. The van der Waals surface area contributed by atoms with E-state index in [-0.39, 0.29) is 11.7 Å². The van der Waals surface area contributed by atoms with E-state index in [0.29, 0.717) is 39.7 Å². The van der Waals surface area contributed by atoms with Gasteiger partial charge in [-0.25, -0.2) is 9.78 Å². The van der Waals surface area contributed by atoms with Crippen LogP contribution in [0.2, 0.25) is 0 Å². The number of hydrogen-bond donors (Lipinski definition) is 1. The Labute approximate surface area is 176 Å². The van der Waals surface area contributed by atoms with Crippen LogP contribution in [0, 0.1) is 6.92 Å². The van der Waals surface area contributed by atoms with Crippen molar-refractivity contribution in [3.63, 3.8) is 0 Å². The molecule has 1 unspecified atom stereocenters. The number of amides is 1. The molecule has 3 aromatic heterocycles. The Kier molecular flexibility index (Phi) is 5.38. The van der Waals surface area contributed by atoms with Crippen molar-refractivity contribution in [1.29, 1.82) is 0 Å². The maximum absolute atomic E-state index is 12.9. The van der Waals surface area contributed by atoms with Gasteiger partial charge in [0.25, 0.3) is 5.71 Å². The van der Waals surface area contributed by atoms with Crippen LogP contribution in [0.25, 0.3) is 11.1 Å². The number of pyridine rings is 1. The van der Waals surface area contributed by atoms with Crippen LogP contribution in [-0.2, 0) is 16.1 Å². The van der Waals surface area contributed by atoms with Crippen molar-refractivity contribution in [1.82, 2.24) is 15.5 Å². The number of carbonyl (C=O) groups is 3. The van der Waals surface area contributed by atoms with Crippen LogP contribution < -0.4 is 5.32 Å². The van der Waals surface area contributed by atoms with E-state index in [1.165, 1.54) is 18.3 Å². The number of nitrogens with zero attached hydrogens (tertiary/aromatic N) is 2. The average molecular weight is 427 g/mol. The third kappa shape index (κ3) is 4.11. The molecule has 1 aliphatic carbocycles. The first-order chi connectivity index (χ1) is 14.3. The predicted molar refractivity (Wildman–Crippen MR) is 110 cm³/mol. The minimum atomic E-state index is -0.961. The molecule has 3 heterocycles. The zero-order valence-electron chi connectivity index (χ0n) is 16.9. The Morgan fingerprint density at radius 2 is 2.10 bits per heavy atom. The molecule has 1 aliphatic rings. The summed E-state index contributed by atoms with van der Waals surface area (Å²) in [7, 11) is 0. The highest BCUT2D eigenvalue weighted by molar-refractivity contribution is 7.14. The van der Waals surface area contributed by atoms with Gasteiger partial charge >= 0.3 is 5.97 Å². The van der Waals surface area contributed by atoms with Crippen LogP contribution in [0.4, 0.5) is 0 Å². The molecule has 8 nitrogen and oxygen atoms in total. The fourth-order valence-electron chi connectivity index (χ4n) is 3.16. The molecule has 1 N–H and O–H groups in total. The summed E-state index contributed by atoms with van der Waals surface area (Å²) >= 11 is 1.26. The van der Waals surface area contributed by atoms with Gasteiger partial charge in [0.2, 0.25) is 11.7 Å². The van der Waals surface area contributed by atoms with Gasteiger partial charge in [0.05, 0.1) is 28.1 Å². The number of thiophene rings is 1. The Bertz CT molecular complexity index is 1140. The van der Waals surface area contributed by atoms with Crippen LogP contribution in [0.5, 0.6) is 0 Å². The Morgan fingerprint density at radius 1 is 1.33 bits per heavy atom. The number of nitrogens with one attached hydrogen (secondary N) is 1. The van der Waals surface area contributed by atoms with E-state index in [9.17, 15) is 14.4 Å². The zero-order chi connectivity index (χ0) is 21.4. The smallest absolute Gasteiger partial charge is 0.339 e. The highest BCUT2D eigenvalue weighted by Gasteiger charge is 2.30. The second kappa shape index (κ2) is 7.98. The maximum atomic E-state index is 12.9. The van der Waals surface area contributed by atoms with E-state index in [1.54, 1.807) is 32.0 Å². The van der Waals surface area contributed by atoms with Crippen LogP contribution >= 0.6 is 11.3 Å². The first-order valence-corrected chi connectivity index (χ1v) is 10.5. The summed E-state index contributed by atoms with van der Waals surface area (Å²) in [6.07, 6.45) is 1.08. The monoisotopic (exact) mass is 427 g/mol. The van der Waals surface area contributed by atoms with Crippen molar-refractivity contribution in [2.24, 2.45) is 0 Å². The molecule has 9 heteroatoms. The molecule has 30 heavy (non-hydrogen) atoms. The number of ether oxygens (including phenoxy) is 1. The van der Waals surface area contributed by atoms with Crippen LogP contribution in [0.3, 0.4) is 0 Å². The number of Topliss-reactive ketones (excluding diaryl/α,β-unsaturated/α-hetero) is 1. The summed E-state index contributed by atoms with van der Waals surface area (Å²) in [5.74, 6) is -0.723. The highest BCUT2D eigenvalue weighted by atomic mass is 32.1. The lowest BCUT2D eigenvalue weighted by molar-refractivity contribution is -0.119. The van der Waals surface area contributed by atoms with Crippen molar-refractivity contribution in [2.45, 2.75) is 52.2 Å². The van der Waals surface area contributed by atoms with Crippen molar-refractivity contribution in [3.05, 3.63) is 44.9 Å². The van der Waals surface area contributed by atoms with Gasteiger partial charge in [-0.15, -0.1) is 11.3 Å². The number of rotatable bonds is 7. The topological polar surface area (TPSA) is 111 Å². The third-order valence-corrected chi connectivity index (χ3v) is 6.02. The van der Waals surface area contributed by atoms with Crippen molar-refractivity contribution >= 4 is 40.1 Å². The molecule has 1 fully saturated rings. The van der Waals surface area contributed by atoms with Gasteiger partial charge in [0, 0.05) is 23.4 Å². The van der Waals surface area contributed by atoms with Crippen molar-refractivity contribution < 1.29 is 23.6 Å². The van der Waals surface area contributed by atoms with Gasteiger partial charge in [-0.3, -0.25) is 9.59 Å². The minimum absolute atomic E-state index is 0.142. The quantitative estimate of drug-likeness (QED) is 0.453. The standard InChI is InChI=1S/C21H21N3O5S/c1-10-18-15(8-16(13-4-5-13)23-20(18)29-24-10)21(27)28-11(2)19(26)17-7-6-14(30-17)9-22-12(3)25/h6-8,11,13H,4-5,9H2,1-3H3,(H,22,25). The molecule has 1 saturated carbocycles. The number of ketones is 1. The largest absolute Gasteiger partial charge is 0.451 e. The van der Waals surface area contributed by atoms with Gasteiger partial charge in [0.15, 0.2) is 6.10 Å². The number of fused-ring (bicyclic) bond motifs is 1. The Hall–Kier alpha value is -3.07. The molecule has 0 radical (unpaired) electrons. The summed E-state index contributed by atoms with van der Waals surface area (Å²) < 4.78 is 10.8. The summed E-state index contributed by atoms with van der Waals surface area (Å²) in [6.45, 7) is 5.07. The van der Waals surface area contributed by atoms with E-state index in [1.807, 2.05) is 0 Å². The van der Waals surface area contributed by atoms with Gasteiger partial charge in [-0.1, -0.05) is 5.16 Å². The molecule has 4 rings (SSSR count). The third-order valence-electron chi connectivity index (χ3n) is 4.92. The lowest BCUT2D eigenvalue weighted by Crippen LogP contribution is -2.24. The normalized spacial score (nSPS) is 14.5. The number of carbonyl (C=O) groups excluding carboxylic acids is 3. The number of aromatic nitrogens is 2. The maximum Gasteiger partial charge on any atom is 0.339 e. The number of aryl methyl sites for hydroxylation is 1. The molecule has 1 atom stereocenters. The Balaban J connectivity index is 1.51. The van der Waals surface area contributed by atoms with Gasteiger partial charge < -0.3 is 14.6 Å². The molecule has 156 valence electrons. The summed E-state index contributed by atoms with van der Waals surface area (Å²) in [6, 6.07) is 5.17. The first kappa shape index (κ1) is 20.2. The van der Waals surface area contributed by atoms with Crippen LogP contribution in [-0.4, -0.2) is 33.9 Å². The predicted octanol–water partition coefficient (Wildman–Crippen LogP) is 3.53. The fourth-order valence-corrected chi connectivity index (χ4v) is 4.12. The summed E-state index contributed by atoms with van der Waals surface area (Å²) in [5.41, 5.74) is 1.96. The molecule has 0 aromatic carbocycles. The molecule has 0 bridgehead atoms. The second-order valence-corrected chi connectivity index (χ2v) is 8.57. The molecule has 0 spiro atoms. The van der Waals surface area contributed by atoms with Crippen LogP contribution in [0.1, 0.15) is 68.9 Å². The van der Waals surface area contributed by atoms with E-state index >= 15 is 0 Å². The molecule has 1 amide bonds. The molecular formula is C21H21N3O5S. The summed E-state index contributed by atoms with van der Waals surface area (Å²) in [4.78, 5) is 42.5. The minimum Gasteiger partial charge on any atom is -0.451 e. The molecule has 0 saturated heterocycles. The van der Waals surface area contributed by atoms with Crippen molar-refractivity contribution in [2.75, 3.05) is 0 Å².